The van der Waals surface area contributed by atoms with Crippen molar-refractivity contribution in [2.75, 3.05) is 26.3 Å². The summed E-state index contributed by atoms with van der Waals surface area (Å²) in [5, 5.41) is 6.90. The highest BCUT2D eigenvalue weighted by molar-refractivity contribution is 6.62. The van der Waals surface area contributed by atoms with Gasteiger partial charge in [-0.2, -0.15) is 0 Å². The molecule has 1 aromatic rings. The lowest BCUT2D eigenvalue weighted by Crippen LogP contribution is -2.47. The first-order valence-corrected chi connectivity index (χ1v) is 8.84. The molecule has 132 valence electrons. The Bertz CT molecular complexity index is 528. The van der Waals surface area contributed by atoms with Crippen LogP contribution < -0.4 is 16.1 Å². The second-order valence-corrected chi connectivity index (χ2v) is 7.70. The Morgan fingerprint density at radius 3 is 2.17 bits per heavy atom. The lowest BCUT2D eigenvalue weighted by Gasteiger charge is -2.32. The Kier molecular flexibility index (Phi) is 5.32. The number of hydrogen-bond donors (Lipinski definition) is 2. The van der Waals surface area contributed by atoms with Gasteiger partial charge in [0.1, 0.15) is 0 Å². The zero-order valence-corrected chi connectivity index (χ0v) is 15.2. The van der Waals surface area contributed by atoms with Crippen molar-refractivity contribution in [2.24, 2.45) is 0 Å². The standard InChI is InChI=1S/C18H29BN2O3/c1-17(2)18(3,4)24-19(23-17)15-7-5-14(6-8-15)11-20-9-10-21-16-12-22-13-16/h5-8,16,20-21H,9-13H2,1-4H3. The molecule has 24 heavy (non-hydrogen) atoms. The van der Waals surface area contributed by atoms with E-state index in [0.29, 0.717) is 6.04 Å². The molecule has 0 atom stereocenters. The van der Waals surface area contributed by atoms with Crippen LogP contribution in [0.15, 0.2) is 24.3 Å². The van der Waals surface area contributed by atoms with Crippen LogP contribution in [0.2, 0.25) is 0 Å². The van der Waals surface area contributed by atoms with Gasteiger partial charge in [-0.1, -0.05) is 24.3 Å². The van der Waals surface area contributed by atoms with E-state index in [-0.39, 0.29) is 18.3 Å². The van der Waals surface area contributed by atoms with E-state index in [4.69, 9.17) is 14.0 Å². The van der Waals surface area contributed by atoms with Crippen molar-refractivity contribution in [3.63, 3.8) is 0 Å². The molecule has 5 nitrogen and oxygen atoms in total. The van der Waals surface area contributed by atoms with Crippen LogP contribution in [-0.4, -0.2) is 50.7 Å². The van der Waals surface area contributed by atoms with Crippen molar-refractivity contribution in [1.82, 2.24) is 10.6 Å². The third-order valence-electron chi connectivity index (χ3n) is 5.21. The topological polar surface area (TPSA) is 51.8 Å². The summed E-state index contributed by atoms with van der Waals surface area (Å²) in [5.74, 6) is 0. The van der Waals surface area contributed by atoms with E-state index in [9.17, 15) is 0 Å². The lowest BCUT2D eigenvalue weighted by atomic mass is 9.79. The zero-order chi connectivity index (χ0) is 17.2. The van der Waals surface area contributed by atoms with Gasteiger partial charge in [0.05, 0.1) is 30.5 Å². The van der Waals surface area contributed by atoms with Gasteiger partial charge < -0.3 is 24.7 Å². The van der Waals surface area contributed by atoms with Gasteiger partial charge in [0.15, 0.2) is 0 Å². The maximum atomic E-state index is 6.09. The molecule has 2 saturated heterocycles. The molecule has 2 fully saturated rings. The SMILES string of the molecule is CC1(C)OB(c2ccc(CNCCNC3COC3)cc2)OC1(C)C. The number of rotatable bonds is 7. The minimum absolute atomic E-state index is 0.286. The second-order valence-electron chi connectivity index (χ2n) is 7.70. The van der Waals surface area contributed by atoms with E-state index in [1.807, 2.05) is 0 Å². The molecular weight excluding hydrogens is 303 g/mol. The predicted octanol–water partition coefficient (Wildman–Crippen LogP) is 1.06. The molecule has 0 bridgehead atoms. The normalized spacial score (nSPS) is 22.6. The van der Waals surface area contributed by atoms with Crippen LogP contribution >= 0.6 is 0 Å². The van der Waals surface area contributed by atoms with Crippen molar-refractivity contribution in [1.29, 1.82) is 0 Å². The summed E-state index contributed by atoms with van der Waals surface area (Å²) in [5.41, 5.74) is 1.75. The van der Waals surface area contributed by atoms with Gasteiger partial charge in [0.2, 0.25) is 0 Å². The highest BCUT2D eigenvalue weighted by Gasteiger charge is 2.51. The fraction of sp³-hybridized carbons (Fsp3) is 0.667. The third-order valence-corrected chi connectivity index (χ3v) is 5.21. The average Bonchev–Trinajstić information content (AvgIpc) is 2.70. The molecule has 2 N–H and O–H groups in total. The van der Waals surface area contributed by atoms with E-state index in [0.717, 1.165) is 38.3 Å². The summed E-state index contributed by atoms with van der Waals surface area (Å²) >= 11 is 0. The van der Waals surface area contributed by atoms with Gasteiger partial charge >= 0.3 is 7.12 Å². The quantitative estimate of drug-likeness (QED) is 0.578. The van der Waals surface area contributed by atoms with Crippen LogP contribution in [0.1, 0.15) is 33.3 Å². The number of ether oxygens (including phenoxy) is 1. The largest absolute Gasteiger partial charge is 0.494 e. The molecule has 0 unspecified atom stereocenters. The van der Waals surface area contributed by atoms with Gasteiger partial charge in [-0.25, -0.2) is 0 Å². The Balaban J connectivity index is 1.43. The summed E-state index contributed by atoms with van der Waals surface area (Å²) in [6.07, 6.45) is 0. The van der Waals surface area contributed by atoms with Crippen molar-refractivity contribution < 1.29 is 14.0 Å². The maximum absolute atomic E-state index is 6.09. The fourth-order valence-electron chi connectivity index (χ4n) is 2.72. The van der Waals surface area contributed by atoms with Crippen LogP contribution in [0.3, 0.4) is 0 Å². The predicted molar refractivity (Wildman–Crippen MR) is 96.5 cm³/mol. The van der Waals surface area contributed by atoms with Gasteiger partial charge in [0.25, 0.3) is 0 Å². The van der Waals surface area contributed by atoms with Gasteiger partial charge in [-0.05, 0) is 38.7 Å². The molecule has 0 aromatic heterocycles. The highest BCUT2D eigenvalue weighted by Crippen LogP contribution is 2.36. The van der Waals surface area contributed by atoms with Crippen molar-refractivity contribution in [2.45, 2.75) is 51.5 Å². The van der Waals surface area contributed by atoms with E-state index in [1.54, 1.807) is 0 Å². The molecule has 0 amide bonds. The molecular formula is C18H29BN2O3. The van der Waals surface area contributed by atoms with Crippen molar-refractivity contribution >= 4 is 12.6 Å². The summed E-state index contributed by atoms with van der Waals surface area (Å²) in [7, 11) is -0.286. The Morgan fingerprint density at radius 1 is 1.00 bits per heavy atom. The first-order valence-electron chi connectivity index (χ1n) is 8.84. The van der Waals surface area contributed by atoms with E-state index in [2.05, 4.69) is 62.6 Å². The highest BCUT2D eigenvalue weighted by atomic mass is 16.7. The average molecular weight is 332 g/mol. The molecule has 2 aliphatic heterocycles. The summed E-state index contributed by atoms with van der Waals surface area (Å²) in [6.45, 7) is 12.8. The van der Waals surface area contributed by atoms with Gasteiger partial charge in [-0.15, -0.1) is 0 Å². The van der Waals surface area contributed by atoms with Crippen molar-refractivity contribution in [3.8, 4) is 0 Å². The van der Waals surface area contributed by atoms with Crippen LogP contribution in [-0.2, 0) is 20.6 Å². The molecule has 0 radical (unpaired) electrons. The third kappa shape index (κ3) is 4.00. The molecule has 1 aromatic carbocycles. The first-order chi connectivity index (χ1) is 11.4. The summed E-state index contributed by atoms with van der Waals surface area (Å²) in [4.78, 5) is 0. The van der Waals surface area contributed by atoms with Gasteiger partial charge in [0, 0.05) is 19.6 Å². The first kappa shape index (κ1) is 17.9. The molecule has 2 aliphatic rings. The molecule has 0 spiro atoms. The molecule has 0 aliphatic carbocycles. The number of nitrogens with one attached hydrogen (secondary N) is 2. The summed E-state index contributed by atoms with van der Waals surface area (Å²) < 4.78 is 17.3. The maximum Gasteiger partial charge on any atom is 0.494 e. The van der Waals surface area contributed by atoms with Crippen LogP contribution in [0.25, 0.3) is 0 Å². The smallest absolute Gasteiger partial charge is 0.399 e. The monoisotopic (exact) mass is 332 g/mol. The van der Waals surface area contributed by atoms with E-state index < -0.39 is 0 Å². The number of hydrogen-bond acceptors (Lipinski definition) is 5. The molecule has 0 saturated carbocycles. The fourth-order valence-corrected chi connectivity index (χ4v) is 2.72. The van der Waals surface area contributed by atoms with Crippen LogP contribution in [0, 0.1) is 0 Å². The van der Waals surface area contributed by atoms with Crippen LogP contribution in [0.4, 0.5) is 0 Å². The number of benzene rings is 1. The zero-order valence-electron chi connectivity index (χ0n) is 15.2. The molecule has 2 heterocycles. The Morgan fingerprint density at radius 2 is 1.62 bits per heavy atom. The second kappa shape index (κ2) is 7.14. The Hall–Kier alpha value is -0.915. The molecule has 3 rings (SSSR count). The van der Waals surface area contributed by atoms with Crippen LogP contribution in [0.5, 0.6) is 0 Å². The lowest BCUT2D eigenvalue weighted by molar-refractivity contribution is -0.00466. The van der Waals surface area contributed by atoms with E-state index in [1.165, 1.54) is 5.56 Å². The molecule has 6 heteroatoms. The summed E-state index contributed by atoms with van der Waals surface area (Å²) in [6, 6.07) is 9.03. The Labute approximate surface area is 145 Å². The van der Waals surface area contributed by atoms with Crippen molar-refractivity contribution in [3.05, 3.63) is 29.8 Å². The van der Waals surface area contributed by atoms with E-state index >= 15 is 0 Å². The minimum atomic E-state index is -0.295. The van der Waals surface area contributed by atoms with Gasteiger partial charge in [-0.3, -0.25) is 0 Å². The minimum Gasteiger partial charge on any atom is -0.399 e.